The Balaban J connectivity index is 1.44. The first kappa shape index (κ1) is 15.5. The fourth-order valence-electron chi connectivity index (χ4n) is 2.82. The quantitative estimate of drug-likeness (QED) is 0.757. The maximum absolute atomic E-state index is 12.3. The van der Waals surface area contributed by atoms with Gasteiger partial charge in [-0.3, -0.25) is 14.6 Å². The fourth-order valence-corrected chi connectivity index (χ4v) is 3.56. The first-order valence-corrected chi connectivity index (χ1v) is 8.64. The topological polar surface area (TPSA) is 84.0 Å². The van der Waals surface area contributed by atoms with Crippen LogP contribution in [0.15, 0.2) is 54.2 Å². The van der Waals surface area contributed by atoms with E-state index in [4.69, 9.17) is 0 Å². The Bertz CT molecular complexity index is 939. The number of carbonyl (C=O) groups excluding carboxylic acids is 2. The minimum Gasteiger partial charge on any atom is -0.345 e. The molecule has 1 aliphatic heterocycles. The molecule has 7 heteroatoms. The third-order valence-corrected chi connectivity index (χ3v) is 4.76. The summed E-state index contributed by atoms with van der Waals surface area (Å²) in [4.78, 5) is 32.6. The van der Waals surface area contributed by atoms with Gasteiger partial charge in [-0.1, -0.05) is 18.2 Å². The third kappa shape index (κ3) is 3.14. The third-order valence-electron chi connectivity index (χ3n) is 4.00. The van der Waals surface area contributed by atoms with Gasteiger partial charge in [-0.25, -0.2) is 4.98 Å². The molecule has 0 spiro atoms. The lowest BCUT2D eigenvalue weighted by atomic mass is 10.0. The number of nitrogens with one attached hydrogen (secondary N) is 2. The molecule has 1 aromatic carbocycles. The first-order chi connectivity index (χ1) is 12.2. The Morgan fingerprint density at radius 1 is 1.20 bits per heavy atom. The number of rotatable bonds is 4. The maximum Gasteiger partial charge on any atom is 0.252 e. The molecule has 3 heterocycles. The lowest BCUT2D eigenvalue weighted by Gasteiger charge is -2.10. The van der Waals surface area contributed by atoms with Crippen LogP contribution in [-0.4, -0.2) is 21.8 Å². The molecule has 1 aliphatic rings. The predicted octanol–water partition coefficient (Wildman–Crippen LogP) is 3.02. The molecule has 0 bridgehead atoms. The second-order valence-corrected chi connectivity index (χ2v) is 6.50. The number of benzene rings is 1. The Labute approximate surface area is 148 Å². The van der Waals surface area contributed by atoms with Crippen molar-refractivity contribution in [2.45, 2.75) is 12.5 Å². The van der Waals surface area contributed by atoms with Crippen molar-refractivity contribution >= 4 is 28.3 Å². The molecule has 4 rings (SSSR count). The summed E-state index contributed by atoms with van der Waals surface area (Å²) in [6, 6.07) is 10.8. The molecular formula is C18H14N4O2S. The Hall–Kier alpha value is -3.06. The summed E-state index contributed by atoms with van der Waals surface area (Å²) >= 11 is 1.37. The van der Waals surface area contributed by atoms with E-state index < -0.39 is 0 Å². The van der Waals surface area contributed by atoms with E-state index in [1.807, 2.05) is 35.7 Å². The maximum atomic E-state index is 12.3. The molecule has 2 aromatic heterocycles. The summed E-state index contributed by atoms with van der Waals surface area (Å²) < 4.78 is 0. The van der Waals surface area contributed by atoms with E-state index in [9.17, 15) is 9.59 Å². The number of amides is 2. The molecule has 0 aliphatic carbocycles. The molecule has 2 N–H and O–H groups in total. The average Bonchev–Trinajstić information content (AvgIpc) is 3.21. The van der Waals surface area contributed by atoms with Gasteiger partial charge < -0.3 is 10.6 Å². The van der Waals surface area contributed by atoms with Gasteiger partial charge in [0.15, 0.2) is 5.13 Å². The fraction of sp³-hybridized carbons (Fsp3) is 0.111. The molecule has 6 nitrogen and oxygen atoms in total. The Kier molecular flexibility index (Phi) is 3.99. The number of pyridine rings is 1. The summed E-state index contributed by atoms with van der Waals surface area (Å²) in [7, 11) is 0. The highest BCUT2D eigenvalue weighted by Crippen LogP contribution is 2.29. The highest BCUT2D eigenvalue weighted by atomic mass is 32.1. The van der Waals surface area contributed by atoms with Crippen molar-refractivity contribution in [1.82, 2.24) is 15.3 Å². The highest BCUT2D eigenvalue weighted by molar-refractivity contribution is 7.14. The van der Waals surface area contributed by atoms with E-state index >= 15 is 0 Å². The molecule has 0 saturated heterocycles. The molecule has 1 unspecified atom stereocenters. The lowest BCUT2D eigenvalue weighted by Crippen LogP contribution is -2.24. The van der Waals surface area contributed by atoms with E-state index in [0.717, 1.165) is 16.8 Å². The molecule has 25 heavy (non-hydrogen) atoms. The van der Waals surface area contributed by atoms with Crippen molar-refractivity contribution in [3.05, 3.63) is 65.3 Å². The summed E-state index contributed by atoms with van der Waals surface area (Å²) in [5.41, 5.74) is 3.24. The molecule has 1 atom stereocenters. The van der Waals surface area contributed by atoms with Crippen LogP contribution in [0.5, 0.6) is 0 Å². The minimum atomic E-state index is -0.302. The lowest BCUT2D eigenvalue weighted by molar-refractivity contribution is -0.116. The van der Waals surface area contributed by atoms with Crippen LogP contribution in [0.2, 0.25) is 0 Å². The second kappa shape index (κ2) is 6.45. The van der Waals surface area contributed by atoms with Gasteiger partial charge in [-0.05, 0) is 23.8 Å². The van der Waals surface area contributed by atoms with Gasteiger partial charge in [0.1, 0.15) is 0 Å². The Morgan fingerprint density at radius 3 is 2.84 bits per heavy atom. The number of carbonyl (C=O) groups is 2. The SMILES string of the molecule is O=C(CC1NC(=O)c2ccccc21)Nc1nc(-c2ccncc2)cs1. The van der Waals surface area contributed by atoms with Crippen LogP contribution >= 0.6 is 11.3 Å². The number of anilines is 1. The second-order valence-electron chi connectivity index (χ2n) is 5.64. The molecular weight excluding hydrogens is 336 g/mol. The van der Waals surface area contributed by atoms with Crippen molar-refractivity contribution in [3.63, 3.8) is 0 Å². The summed E-state index contributed by atoms with van der Waals surface area (Å²) in [5.74, 6) is -0.319. The smallest absolute Gasteiger partial charge is 0.252 e. The van der Waals surface area contributed by atoms with Gasteiger partial charge in [-0.15, -0.1) is 11.3 Å². The zero-order valence-corrected chi connectivity index (χ0v) is 13.9. The standard InChI is InChI=1S/C18H14N4O2S/c23-16(9-14-12-3-1-2-4-13(12)17(24)20-14)22-18-21-15(10-25-18)11-5-7-19-8-6-11/h1-8,10,14H,9H2,(H,20,24)(H,21,22,23). The van der Waals surface area contributed by atoms with Gasteiger partial charge in [-0.2, -0.15) is 0 Å². The van der Waals surface area contributed by atoms with Crippen molar-refractivity contribution in [1.29, 1.82) is 0 Å². The average molecular weight is 350 g/mol. The molecule has 0 fully saturated rings. The first-order valence-electron chi connectivity index (χ1n) is 7.76. The van der Waals surface area contributed by atoms with Crippen molar-refractivity contribution in [3.8, 4) is 11.3 Å². The normalized spacial score (nSPS) is 15.5. The molecule has 2 amide bonds. The molecule has 3 aromatic rings. The van der Waals surface area contributed by atoms with Crippen LogP contribution in [0.4, 0.5) is 5.13 Å². The van der Waals surface area contributed by atoms with Crippen molar-refractivity contribution in [2.24, 2.45) is 0 Å². The van der Waals surface area contributed by atoms with Crippen LogP contribution in [0.1, 0.15) is 28.4 Å². The van der Waals surface area contributed by atoms with Crippen molar-refractivity contribution < 1.29 is 9.59 Å². The van der Waals surface area contributed by atoms with Gasteiger partial charge in [0.2, 0.25) is 5.91 Å². The Morgan fingerprint density at radius 2 is 2.00 bits per heavy atom. The van der Waals surface area contributed by atoms with Gasteiger partial charge >= 0.3 is 0 Å². The largest absolute Gasteiger partial charge is 0.345 e. The number of fused-ring (bicyclic) bond motifs is 1. The van der Waals surface area contributed by atoms with E-state index in [-0.39, 0.29) is 24.3 Å². The predicted molar refractivity (Wildman–Crippen MR) is 95.2 cm³/mol. The van der Waals surface area contributed by atoms with Crippen LogP contribution in [0, 0.1) is 0 Å². The minimum absolute atomic E-state index is 0.136. The number of aromatic nitrogens is 2. The number of nitrogens with zero attached hydrogens (tertiary/aromatic N) is 2. The van der Waals surface area contributed by atoms with E-state index in [1.165, 1.54) is 11.3 Å². The summed E-state index contributed by atoms with van der Waals surface area (Å²) in [6.45, 7) is 0. The van der Waals surface area contributed by atoms with E-state index in [1.54, 1.807) is 18.5 Å². The highest BCUT2D eigenvalue weighted by Gasteiger charge is 2.29. The van der Waals surface area contributed by atoms with Crippen LogP contribution in [-0.2, 0) is 4.79 Å². The zero-order valence-electron chi connectivity index (χ0n) is 13.1. The van der Waals surface area contributed by atoms with Crippen molar-refractivity contribution in [2.75, 3.05) is 5.32 Å². The van der Waals surface area contributed by atoms with Gasteiger partial charge in [0.05, 0.1) is 18.2 Å². The van der Waals surface area contributed by atoms with Crippen LogP contribution in [0.25, 0.3) is 11.3 Å². The van der Waals surface area contributed by atoms with Gasteiger partial charge in [0, 0.05) is 28.9 Å². The van der Waals surface area contributed by atoms with Crippen LogP contribution in [0.3, 0.4) is 0 Å². The molecule has 124 valence electrons. The summed E-state index contributed by atoms with van der Waals surface area (Å²) in [6.07, 6.45) is 3.58. The molecule has 0 saturated carbocycles. The number of hydrogen-bond donors (Lipinski definition) is 2. The number of thiazole rings is 1. The van der Waals surface area contributed by atoms with E-state index in [2.05, 4.69) is 20.6 Å². The van der Waals surface area contributed by atoms with Crippen LogP contribution < -0.4 is 10.6 Å². The molecule has 0 radical (unpaired) electrons. The van der Waals surface area contributed by atoms with E-state index in [0.29, 0.717) is 10.7 Å². The summed E-state index contributed by atoms with van der Waals surface area (Å²) in [5, 5.41) is 8.07. The monoisotopic (exact) mass is 350 g/mol. The van der Waals surface area contributed by atoms with Gasteiger partial charge in [0.25, 0.3) is 5.91 Å². The zero-order chi connectivity index (χ0) is 17.2. The number of hydrogen-bond acceptors (Lipinski definition) is 5.